The maximum atomic E-state index is 12.6. The number of sulfone groups is 1. The number of carbonyl (C=O) groups excluding carboxylic acids is 1. The Morgan fingerprint density at radius 2 is 1.96 bits per heavy atom. The van der Waals surface area contributed by atoms with Crippen LogP contribution in [0.15, 0.2) is 29.3 Å². The molecule has 0 aliphatic carbocycles. The second kappa shape index (κ2) is 7.31. The number of aromatic nitrogens is 4. The highest BCUT2D eigenvalue weighted by molar-refractivity contribution is 7.91. The van der Waals surface area contributed by atoms with Crippen LogP contribution in [-0.2, 0) is 21.7 Å². The second-order valence-corrected chi connectivity index (χ2v) is 9.15. The van der Waals surface area contributed by atoms with Crippen molar-refractivity contribution in [1.29, 1.82) is 0 Å². The van der Waals surface area contributed by atoms with E-state index in [-0.39, 0.29) is 34.0 Å². The Morgan fingerprint density at radius 1 is 1.25 bits per heavy atom. The zero-order valence-corrected chi connectivity index (χ0v) is 17.3. The van der Waals surface area contributed by atoms with E-state index in [4.69, 9.17) is 0 Å². The molecule has 1 amide bonds. The summed E-state index contributed by atoms with van der Waals surface area (Å²) < 4.78 is 27.0. The van der Waals surface area contributed by atoms with Crippen LogP contribution < -0.4 is 5.32 Å². The smallest absolute Gasteiger partial charge is 0.228 e. The Labute approximate surface area is 164 Å². The van der Waals surface area contributed by atoms with Crippen molar-refractivity contribution in [3.8, 4) is 11.5 Å². The summed E-state index contributed by atoms with van der Waals surface area (Å²) in [6.45, 7) is 6.98. The predicted octanol–water partition coefficient (Wildman–Crippen LogP) is 2.73. The SMILES string of the molecule is CCS(=O)(=O)c1ccc(NC(=O)C(C)C)nc1-c1nc2cc(C)ncc2n1C. The number of nitrogens with one attached hydrogen (secondary N) is 1. The van der Waals surface area contributed by atoms with Crippen molar-refractivity contribution in [3.63, 3.8) is 0 Å². The Kier molecular flexibility index (Phi) is 5.20. The van der Waals surface area contributed by atoms with Gasteiger partial charge in [-0.15, -0.1) is 0 Å². The van der Waals surface area contributed by atoms with Gasteiger partial charge in [0.15, 0.2) is 15.7 Å². The highest BCUT2D eigenvalue weighted by Crippen LogP contribution is 2.29. The van der Waals surface area contributed by atoms with Crippen LogP contribution in [0.1, 0.15) is 26.5 Å². The Bertz CT molecular complexity index is 1170. The molecule has 0 atom stereocenters. The number of rotatable bonds is 5. The molecule has 0 bridgehead atoms. The minimum absolute atomic E-state index is 0.0655. The third kappa shape index (κ3) is 3.62. The molecular weight excluding hydrogens is 378 g/mol. The van der Waals surface area contributed by atoms with Crippen LogP contribution >= 0.6 is 0 Å². The van der Waals surface area contributed by atoms with Gasteiger partial charge < -0.3 is 9.88 Å². The van der Waals surface area contributed by atoms with Crippen molar-refractivity contribution >= 4 is 32.6 Å². The number of nitrogens with zero attached hydrogens (tertiary/aromatic N) is 4. The molecule has 3 heterocycles. The Morgan fingerprint density at radius 3 is 2.61 bits per heavy atom. The number of hydrogen-bond donors (Lipinski definition) is 1. The molecule has 9 heteroatoms. The summed E-state index contributed by atoms with van der Waals surface area (Å²) in [4.78, 5) is 25.4. The monoisotopic (exact) mass is 401 g/mol. The van der Waals surface area contributed by atoms with Gasteiger partial charge in [-0.1, -0.05) is 20.8 Å². The summed E-state index contributed by atoms with van der Waals surface area (Å²) in [7, 11) is -1.76. The molecule has 148 valence electrons. The summed E-state index contributed by atoms with van der Waals surface area (Å²) in [5.41, 5.74) is 2.48. The number of fused-ring (bicyclic) bond motifs is 1. The van der Waals surface area contributed by atoms with E-state index < -0.39 is 9.84 Å². The minimum atomic E-state index is -3.55. The number of hydrogen-bond acceptors (Lipinski definition) is 6. The number of amides is 1. The summed E-state index contributed by atoms with van der Waals surface area (Å²) in [6, 6.07) is 4.80. The number of aryl methyl sites for hydroxylation is 2. The predicted molar refractivity (Wildman–Crippen MR) is 108 cm³/mol. The fourth-order valence-electron chi connectivity index (χ4n) is 2.75. The number of anilines is 1. The molecule has 3 aromatic rings. The number of imidazole rings is 1. The molecule has 0 radical (unpaired) electrons. The van der Waals surface area contributed by atoms with Crippen molar-refractivity contribution in [1.82, 2.24) is 19.5 Å². The maximum Gasteiger partial charge on any atom is 0.228 e. The zero-order valence-electron chi connectivity index (χ0n) is 16.5. The second-order valence-electron chi connectivity index (χ2n) is 6.90. The molecule has 0 fully saturated rings. The van der Waals surface area contributed by atoms with Crippen LogP contribution in [0.5, 0.6) is 0 Å². The van der Waals surface area contributed by atoms with E-state index in [1.54, 1.807) is 38.6 Å². The fourth-order valence-corrected chi connectivity index (χ4v) is 3.77. The standard InChI is InChI=1S/C19H23N5O3S/c1-6-28(26,27)15-7-8-16(23-19(25)11(2)3)22-17(15)18-21-13-9-12(4)20-10-14(13)24(18)5/h7-11H,6H2,1-5H3,(H,22,23,25). The summed E-state index contributed by atoms with van der Waals surface area (Å²) in [5.74, 6) is 0.188. The fraction of sp³-hybridized carbons (Fsp3) is 0.368. The van der Waals surface area contributed by atoms with Gasteiger partial charge in [0, 0.05) is 18.7 Å². The normalized spacial score (nSPS) is 11.9. The maximum absolute atomic E-state index is 12.6. The highest BCUT2D eigenvalue weighted by atomic mass is 32.2. The van der Waals surface area contributed by atoms with Gasteiger partial charge in [-0.3, -0.25) is 9.78 Å². The van der Waals surface area contributed by atoms with Crippen LogP contribution in [0.4, 0.5) is 5.82 Å². The highest BCUT2D eigenvalue weighted by Gasteiger charge is 2.24. The van der Waals surface area contributed by atoms with Crippen molar-refractivity contribution in [2.75, 3.05) is 11.1 Å². The third-order valence-corrected chi connectivity index (χ3v) is 6.22. The average Bonchev–Trinajstić information content (AvgIpc) is 2.97. The first kappa shape index (κ1) is 19.9. The van der Waals surface area contributed by atoms with Crippen molar-refractivity contribution < 1.29 is 13.2 Å². The van der Waals surface area contributed by atoms with E-state index in [2.05, 4.69) is 20.3 Å². The molecule has 0 aliphatic rings. The van der Waals surface area contributed by atoms with E-state index in [0.29, 0.717) is 11.3 Å². The molecule has 0 saturated carbocycles. The van der Waals surface area contributed by atoms with Gasteiger partial charge in [-0.25, -0.2) is 18.4 Å². The molecule has 0 saturated heterocycles. The molecule has 0 unspecified atom stereocenters. The zero-order chi connectivity index (χ0) is 20.6. The minimum Gasteiger partial charge on any atom is -0.324 e. The van der Waals surface area contributed by atoms with Crippen LogP contribution in [-0.4, -0.2) is 39.6 Å². The van der Waals surface area contributed by atoms with E-state index in [9.17, 15) is 13.2 Å². The van der Waals surface area contributed by atoms with Gasteiger partial charge in [-0.05, 0) is 25.1 Å². The molecule has 0 spiro atoms. The van der Waals surface area contributed by atoms with E-state index in [1.807, 2.05) is 13.0 Å². The van der Waals surface area contributed by atoms with E-state index in [1.165, 1.54) is 12.1 Å². The molecule has 3 aromatic heterocycles. The molecular formula is C19H23N5O3S. The third-order valence-electron chi connectivity index (χ3n) is 4.46. The van der Waals surface area contributed by atoms with Gasteiger partial charge in [0.1, 0.15) is 11.5 Å². The van der Waals surface area contributed by atoms with Crippen LogP contribution in [0.3, 0.4) is 0 Å². The molecule has 0 aliphatic heterocycles. The van der Waals surface area contributed by atoms with Crippen molar-refractivity contribution in [2.45, 2.75) is 32.6 Å². The van der Waals surface area contributed by atoms with E-state index >= 15 is 0 Å². The van der Waals surface area contributed by atoms with Crippen molar-refractivity contribution in [2.24, 2.45) is 13.0 Å². The van der Waals surface area contributed by atoms with Gasteiger partial charge in [0.05, 0.1) is 27.9 Å². The summed E-state index contributed by atoms with van der Waals surface area (Å²) in [5, 5.41) is 2.72. The Hall–Kier alpha value is -2.81. The lowest BCUT2D eigenvalue weighted by Gasteiger charge is -2.12. The van der Waals surface area contributed by atoms with E-state index in [0.717, 1.165) is 11.2 Å². The van der Waals surface area contributed by atoms with Gasteiger partial charge in [-0.2, -0.15) is 0 Å². The summed E-state index contributed by atoms with van der Waals surface area (Å²) >= 11 is 0. The first-order valence-corrected chi connectivity index (χ1v) is 10.6. The topological polar surface area (TPSA) is 107 Å². The molecule has 1 N–H and O–H groups in total. The molecule has 28 heavy (non-hydrogen) atoms. The lowest BCUT2D eigenvalue weighted by atomic mass is 10.2. The van der Waals surface area contributed by atoms with Crippen LogP contribution in [0.25, 0.3) is 22.6 Å². The van der Waals surface area contributed by atoms with Crippen molar-refractivity contribution in [3.05, 3.63) is 30.1 Å². The average molecular weight is 401 g/mol. The Balaban J connectivity index is 2.24. The van der Waals surface area contributed by atoms with Gasteiger partial charge in [0.2, 0.25) is 5.91 Å². The first-order chi connectivity index (χ1) is 13.1. The molecule has 8 nitrogen and oxygen atoms in total. The lowest BCUT2D eigenvalue weighted by Crippen LogP contribution is -2.19. The van der Waals surface area contributed by atoms with Gasteiger partial charge >= 0.3 is 0 Å². The van der Waals surface area contributed by atoms with Crippen LogP contribution in [0, 0.1) is 12.8 Å². The van der Waals surface area contributed by atoms with Crippen LogP contribution in [0.2, 0.25) is 0 Å². The molecule has 3 rings (SSSR count). The van der Waals surface area contributed by atoms with Gasteiger partial charge in [0.25, 0.3) is 0 Å². The number of carbonyl (C=O) groups is 1. The quantitative estimate of drug-likeness (QED) is 0.704. The largest absolute Gasteiger partial charge is 0.324 e. The number of pyridine rings is 2. The molecule has 0 aromatic carbocycles. The lowest BCUT2D eigenvalue weighted by molar-refractivity contribution is -0.118. The summed E-state index contributed by atoms with van der Waals surface area (Å²) in [6.07, 6.45) is 1.69. The first-order valence-electron chi connectivity index (χ1n) is 8.98.